The molecule has 1 aromatic rings. The second kappa shape index (κ2) is 7.73. The molecule has 2 heterocycles. The summed E-state index contributed by atoms with van der Waals surface area (Å²) in [6.07, 6.45) is 0.546. The predicted molar refractivity (Wildman–Crippen MR) is 67.6 cm³/mol. The summed E-state index contributed by atoms with van der Waals surface area (Å²) in [6, 6.07) is 3.14. The van der Waals surface area contributed by atoms with E-state index in [-0.39, 0.29) is 5.69 Å². The third-order valence-electron chi connectivity index (χ3n) is 2.43. The van der Waals surface area contributed by atoms with E-state index in [1.807, 2.05) is 4.90 Å². The summed E-state index contributed by atoms with van der Waals surface area (Å²) in [6.45, 7) is 3.21. The SMILES string of the molecule is COC.O=Cc1ccc(N2CCNCC2)c(F)n1. The highest BCUT2D eigenvalue weighted by atomic mass is 19.1. The van der Waals surface area contributed by atoms with Gasteiger partial charge in [0.15, 0.2) is 6.29 Å². The minimum absolute atomic E-state index is 0.131. The van der Waals surface area contributed by atoms with Gasteiger partial charge in [0.05, 0.1) is 5.69 Å². The van der Waals surface area contributed by atoms with E-state index in [9.17, 15) is 9.18 Å². The number of methoxy groups -OCH3 is 1. The number of hydrogen-bond acceptors (Lipinski definition) is 5. The molecule has 0 aromatic carbocycles. The number of ether oxygens (including phenoxy) is 1. The Labute approximate surface area is 106 Å². The second-order valence-electron chi connectivity index (χ2n) is 3.81. The number of rotatable bonds is 2. The van der Waals surface area contributed by atoms with E-state index >= 15 is 0 Å². The Morgan fingerprint density at radius 1 is 1.39 bits per heavy atom. The number of aromatic nitrogens is 1. The maximum Gasteiger partial charge on any atom is 0.237 e. The van der Waals surface area contributed by atoms with Crippen molar-refractivity contribution in [3.8, 4) is 0 Å². The van der Waals surface area contributed by atoms with Gasteiger partial charge in [0.2, 0.25) is 5.95 Å². The number of anilines is 1. The van der Waals surface area contributed by atoms with Crippen LogP contribution in [0.5, 0.6) is 0 Å². The van der Waals surface area contributed by atoms with Crippen molar-refractivity contribution in [1.82, 2.24) is 10.3 Å². The summed E-state index contributed by atoms with van der Waals surface area (Å²) >= 11 is 0. The Balaban J connectivity index is 0.000000492. The van der Waals surface area contributed by atoms with Gasteiger partial charge in [-0.1, -0.05) is 0 Å². The fourth-order valence-corrected chi connectivity index (χ4v) is 1.65. The first kappa shape index (κ1) is 14.5. The van der Waals surface area contributed by atoms with Crippen molar-refractivity contribution < 1.29 is 13.9 Å². The standard InChI is InChI=1S/C10H12FN3O.C2H6O/c11-10-9(2-1-8(7-15)13-10)14-5-3-12-4-6-14;1-3-2/h1-2,7,12H,3-6H2;1-2H3. The Bertz CT molecular complexity index is 382. The van der Waals surface area contributed by atoms with Crippen LogP contribution in [0.3, 0.4) is 0 Å². The summed E-state index contributed by atoms with van der Waals surface area (Å²) in [5.74, 6) is -0.568. The number of aldehydes is 1. The largest absolute Gasteiger partial charge is 0.388 e. The zero-order valence-corrected chi connectivity index (χ0v) is 10.6. The molecule has 1 fully saturated rings. The van der Waals surface area contributed by atoms with Crippen LogP contribution in [0, 0.1) is 5.95 Å². The van der Waals surface area contributed by atoms with Crippen molar-refractivity contribution in [2.45, 2.75) is 0 Å². The number of nitrogens with one attached hydrogen (secondary N) is 1. The quantitative estimate of drug-likeness (QED) is 0.623. The molecule has 0 amide bonds. The smallest absolute Gasteiger partial charge is 0.237 e. The first-order valence-electron chi connectivity index (χ1n) is 5.70. The Morgan fingerprint density at radius 3 is 2.50 bits per heavy atom. The molecule has 0 radical (unpaired) electrons. The van der Waals surface area contributed by atoms with Crippen molar-refractivity contribution in [3.05, 3.63) is 23.8 Å². The van der Waals surface area contributed by atoms with Gasteiger partial charge in [0.1, 0.15) is 5.69 Å². The van der Waals surface area contributed by atoms with E-state index in [4.69, 9.17) is 0 Å². The van der Waals surface area contributed by atoms with Crippen LogP contribution in [-0.4, -0.2) is 51.7 Å². The van der Waals surface area contributed by atoms with Crippen molar-refractivity contribution in [2.24, 2.45) is 0 Å². The third-order valence-corrected chi connectivity index (χ3v) is 2.43. The van der Waals surface area contributed by atoms with E-state index < -0.39 is 5.95 Å². The first-order valence-corrected chi connectivity index (χ1v) is 5.70. The Kier molecular flexibility index (Phi) is 6.24. The number of nitrogens with zero attached hydrogens (tertiary/aromatic N) is 2. The highest BCUT2D eigenvalue weighted by Crippen LogP contribution is 2.17. The number of carbonyl (C=O) groups excluding carboxylic acids is 1. The van der Waals surface area contributed by atoms with Gasteiger partial charge in [-0.25, -0.2) is 4.98 Å². The topological polar surface area (TPSA) is 54.5 Å². The van der Waals surface area contributed by atoms with E-state index in [0.29, 0.717) is 12.0 Å². The van der Waals surface area contributed by atoms with Crippen molar-refractivity contribution in [3.63, 3.8) is 0 Å². The van der Waals surface area contributed by atoms with Gasteiger partial charge in [-0.3, -0.25) is 4.79 Å². The summed E-state index contributed by atoms with van der Waals surface area (Å²) in [5.41, 5.74) is 0.605. The van der Waals surface area contributed by atoms with E-state index in [1.54, 1.807) is 20.3 Å². The van der Waals surface area contributed by atoms with Gasteiger partial charge in [0, 0.05) is 40.4 Å². The highest BCUT2D eigenvalue weighted by molar-refractivity contribution is 5.72. The summed E-state index contributed by atoms with van der Waals surface area (Å²) in [7, 11) is 3.25. The average molecular weight is 255 g/mol. The maximum absolute atomic E-state index is 13.5. The number of carbonyl (C=O) groups is 1. The van der Waals surface area contributed by atoms with Gasteiger partial charge in [-0.2, -0.15) is 4.39 Å². The fraction of sp³-hybridized carbons (Fsp3) is 0.500. The lowest BCUT2D eigenvalue weighted by Gasteiger charge is -2.29. The van der Waals surface area contributed by atoms with Crippen LogP contribution in [0.4, 0.5) is 10.1 Å². The average Bonchev–Trinajstić information content (AvgIpc) is 2.40. The zero-order valence-electron chi connectivity index (χ0n) is 10.6. The van der Waals surface area contributed by atoms with Crippen LogP contribution >= 0.6 is 0 Å². The van der Waals surface area contributed by atoms with Gasteiger partial charge in [0.25, 0.3) is 0 Å². The zero-order chi connectivity index (χ0) is 13.4. The molecule has 0 spiro atoms. The lowest BCUT2D eigenvalue weighted by atomic mass is 10.3. The maximum atomic E-state index is 13.5. The molecule has 0 atom stereocenters. The van der Waals surface area contributed by atoms with Crippen molar-refractivity contribution >= 4 is 12.0 Å². The van der Waals surface area contributed by atoms with Crippen LogP contribution in [0.25, 0.3) is 0 Å². The van der Waals surface area contributed by atoms with Gasteiger partial charge >= 0.3 is 0 Å². The van der Waals surface area contributed by atoms with Crippen LogP contribution < -0.4 is 10.2 Å². The molecule has 0 bridgehead atoms. The third kappa shape index (κ3) is 4.05. The number of piperazine rings is 1. The summed E-state index contributed by atoms with van der Waals surface area (Å²) in [5, 5.41) is 3.19. The van der Waals surface area contributed by atoms with Crippen LogP contribution in [0.1, 0.15) is 10.5 Å². The minimum Gasteiger partial charge on any atom is -0.388 e. The second-order valence-corrected chi connectivity index (χ2v) is 3.81. The molecule has 0 aliphatic carbocycles. The summed E-state index contributed by atoms with van der Waals surface area (Å²) in [4.78, 5) is 15.9. The van der Waals surface area contributed by atoms with Gasteiger partial charge in [-0.05, 0) is 12.1 Å². The van der Waals surface area contributed by atoms with E-state index in [0.717, 1.165) is 26.2 Å². The number of pyridine rings is 1. The number of halogens is 1. The Hall–Kier alpha value is -1.53. The molecule has 0 saturated carbocycles. The number of hydrogen-bond donors (Lipinski definition) is 1. The van der Waals surface area contributed by atoms with Crippen molar-refractivity contribution in [1.29, 1.82) is 0 Å². The molecule has 1 N–H and O–H groups in total. The molecule has 18 heavy (non-hydrogen) atoms. The van der Waals surface area contributed by atoms with Crippen LogP contribution in [0.2, 0.25) is 0 Å². The summed E-state index contributed by atoms with van der Waals surface area (Å²) < 4.78 is 17.7. The lowest BCUT2D eigenvalue weighted by Crippen LogP contribution is -2.44. The van der Waals surface area contributed by atoms with Gasteiger partial charge < -0.3 is 15.0 Å². The van der Waals surface area contributed by atoms with E-state index in [2.05, 4.69) is 15.0 Å². The monoisotopic (exact) mass is 255 g/mol. The molecule has 1 aromatic heterocycles. The molecule has 5 nitrogen and oxygen atoms in total. The lowest BCUT2D eigenvalue weighted by molar-refractivity contribution is 0.111. The fourth-order valence-electron chi connectivity index (χ4n) is 1.65. The van der Waals surface area contributed by atoms with Crippen LogP contribution in [0.15, 0.2) is 12.1 Å². The molecule has 6 heteroatoms. The minimum atomic E-state index is -0.568. The molecular formula is C12H18FN3O2. The van der Waals surface area contributed by atoms with Crippen LogP contribution in [-0.2, 0) is 4.74 Å². The molecular weight excluding hydrogens is 237 g/mol. The normalized spacial score (nSPS) is 14.7. The molecule has 1 aliphatic rings. The predicted octanol–water partition coefficient (Wildman–Crippen LogP) is 0.705. The van der Waals surface area contributed by atoms with Crippen molar-refractivity contribution in [2.75, 3.05) is 45.3 Å². The van der Waals surface area contributed by atoms with Gasteiger partial charge in [-0.15, -0.1) is 0 Å². The molecule has 1 aliphatic heterocycles. The van der Waals surface area contributed by atoms with E-state index in [1.165, 1.54) is 6.07 Å². The molecule has 2 rings (SSSR count). The molecule has 1 saturated heterocycles. The molecule has 0 unspecified atom stereocenters. The Morgan fingerprint density at radius 2 is 2.00 bits per heavy atom. The first-order chi connectivity index (χ1) is 8.72. The highest BCUT2D eigenvalue weighted by Gasteiger charge is 2.15. The molecule has 100 valence electrons.